The Hall–Kier alpha value is -5.28. The number of rotatable bonds is 6. The molecule has 2 heterocycles. The Bertz CT molecular complexity index is 1970. The molecule has 248 valence electrons. The van der Waals surface area contributed by atoms with Gasteiger partial charge in [-0.05, 0) is 67.7 Å². The Morgan fingerprint density at radius 3 is 2.35 bits per heavy atom. The van der Waals surface area contributed by atoms with Crippen molar-refractivity contribution in [3.63, 3.8) is 0 Å². The van der Waals surface area contributed by atoms with Crippen molar-refractivity contribution in [2.45, 2.75) is 32.3 Å². The molecule has 0 spiro atoms. The summed E-state index contributed by atoms with van der Waals surface area (Å²) < 4.78 is 11.4. The number of fused-ring (bicyclic) bond motifs is 3. The molecule has 0 radical (unpaired) electrons. The largest absolute Gasteiger partial charge is 0.507 e. The molecule has 2 amide bonds. The molecule has 0 aromatic heterocycles. The van der Waals surface area contributed by atoms with Crippen molar-refractivity contribution in [1.82, 2.24) is 0 Å². The number of phenolic OH excluding ortho intramolecular Hbond substituents is 1. The maximum Gasteiger partial charge on any atom is 0.238 e. The van der Waals surface area contributed by atoms with E-state index in [4.69, 9.17) is 9.47 Å². The summed E-state index contributed by atoms with van der Waals surface area (Å²) in [7, 11) is 0. The highest BCUT2D eigenvalue weighted by molar-refractivity contribution is 6.25. The fourth-order valence-electron chi connectivity index (χ4n) is 8.22. The summed E-state index contributed by atoms with van der Waals surface area (Å²) in [5, 5.41) is 11.4. The lowest BCUT2D eigenvalue weighted by Crippen LogP contribution is -2.39. The van der Waals surface area contributed by atoms with Gasteiger partial charge in [0.2, 0.25) is 11.8 Å². The van der Waals surface area contributed by atoms with Crippen molar-refractivity contribution in [3.8, 4) is 11.5 Å². The number of allylic oxidation sites excluding steroid dienone is 6. The van der Waals surface area contributed by atoms with Gasteiger partial charge in [-0.2, -0.15) is 0 Å². The van der Waals surface area contributed by atoms with E-state index in [9.17, 15) is 24.3 Å². The van der Waals surface area contributed by atoms with Crippen LogP contribution in [-0.4, -0.2) is 54.8 Å². The fraction of sp³-hybridized carbons (Fsp3) is 0.300. The van der Waals surface area contributed by atoms with Gasteiger partial charge in [0.05, 0.1) is 30.7 Å². The third-order valence-corrected chi connectivity index (χ3v) is 10.6. The minimum Gasteiger partial charge on any atom is -0.507 e. The lowest BCUT2D eigenvalue weighted by Gasteiger charge is -2.42. The number of imide groups is 1. The highest BCUT2D eigenvalue weighted by atomic mass is 16.5. The first-order chi connectivity index (χ1) is 23.8. The first-order valence-corrected chi connectivity index (χ1v) is 16.8. The fourth-order valence-corrected chi connectivity index (χ4v) is 8.22. The predicted molar refractivity (Wildman–Crippen MR) is 182 cm³/mol. The number of hydrogen-bond acceptors (Lipinski definition) is 8. The molecule has 2 fully saturated rings. The van der Waals surface area contributed by atoms with Crippen molar-refractivity contribution in [2.24, 2.45) is 17.8 Å². The molecule has 8 rings (SSSR count). The Morgan fingerprint density at radius 1 is 0.878 bits per heavy atom. The predicted octanol–water partition coefficient (Wildman–Crippen LogP) is 5.44. The van der Waals surface area contributed by atoms with Gasteiger partial charge in [-0.15, -0.1) is 0 Å². The van der Waals surface area contributed by atoms with Gasteiger partial charge in [0.1, 0.15) is 18.1 Å². The number of amides is 2. The first kappa shape index (κ1) is 31.0. The molecule has 0 saturated carbocycles. The third kappa shape index (κ3) is 5.29. The van der Waals surface area contributed by atoms with Gasteiger partial charge in [0.25, 0.3) is 0 Å². The van der Waals surface area contributed by atoms with E-state index in [1.165, 1.54) is 17.0 Å². The van der Waals surface area contributed by atoms with Gasteiger partial charge in [-0.25, -0.2) is 0 Å². The number of morpholine rings is 1. The molecule has 3 aliphatic carbocycles. The van der Waals surface area contributed by atoms with E-state index in [0.717, 1.165) is 29.9 Å². The van der Waals surface area contributed by atoms with E-state index in [-0.39, 0.29) is 35.6 Å². The summed E-state index contributed by atoms with van der Waals surface area (Å²) in [6.07, 6.45) is 3.81. The summed E-state index contributed by atoms with van der Waals surface area (Å²) in [6.45, 7) is 4.78. The van der Waals surface area contributed by atoms with Crippen LogP contribution in [0.1, 0.15) is 36.8 Å². The van der Waals surface area contributed by atoms with Gasteiger partial charge in [0.15, 0.2) is 11.6 Å². The first-order valence-electron chi connectivity index (χ1n) is 16.8. The van der Waals surface area contributed by atoms with E-state index in [2.05, 4.69) is 4.90 Å². The zero-order valence-corrected chi connectivity index (χ0v) is 27.1. The number of anilines is 2. The quantitative estimate of drug-likeness (QED) is 0.212. The molecule has 49 heavy (non-hydrogen) atoms. The highest BCUT2D eigenvalue weighted by Gasteiger charge is 2.56. The Morgan fingerprint density at radius 2 is 1.61 bits per heavy atom. The smallest absolute Gasteiger partial charge is 0.238 e. The standard InChI is InChI=1S/C40H36N2O7/c1-23-19-34(44)37-32(38(23)45)21-31-28(35(37)29-12-11-27(20-33(29)43)49-22-24-5-3-2-4-6-24)13-14-30-36(31)40(47)42(39(30)46)26-9-7-25(8-10-26)41-15-17-48-18-16-41/h2-13,19-20,30-31,35-36,43H,14-18,21-22H2,1H3/t30-,31+,35+,36-/m0/s1. The number of ketones is 2. The summed E-state index contributed by atoms with van der Waals surface area (Å²) >= 11 is 0. The van der Waals surface area contributed by atoms with Crippen LogP contribution in [0.25, 0.3) is 0 Å². The molecule has 0 bridgehead atoms. The van der Waals surface area contributed by atoms with Crippen molar-refractivity contribution in [1.29, 1.82) is 0 Å². The lowest BCUT2D eigenvalue weighted by molar-refractivity contribution is -0.123. The van der Waals surface area contributed by atoms with E-state index in [0.29, 0.717) is 60.0 Å². The van der Waals surface area contributed by atoms with Crippen molar-refractivity contribution in [2.75, 3.05) is 36.1 Å². The number of aromatic hydroxyl groups is 1. The zero-order valence-electron chi connectivity index (χ0n) is 27.1. The number of nitrogens with zero attached hydrogens (tertiary/aromatic N) is 2. The molecule has 2 aliphatic heterocycles. The molecule has 3 aromatic rings. The normalized spacial score (nSPS) is 25.1. The van der Waals surface area contributed by atoms with Gasteiger partial charge >= 0.3 is 0 Å². The van der Waals surface area contributed by atoms with Gasteiger partial charge in [-0.3, -0.25) is 24.1 Å². The Kier molecular flexibility index (Phi) is 7.79. The molecule has 1 N–H and O–H groups in total. The van der Waals surface area contributed by atoms with Crippen LogP contribution in [0, 0.1) is 17.8 Å². The topological polar surface area (TPSA) is 113 Å². The summed E-state index contributed by atoms with van der Waals surface area (Å²) in [5.41, 5.74) is 4.76. The Balaban J connectivity index is 1.13. The molecule has 0 unspecified atom stereocenters. The van der Waals surface area contributed by atoms with Crippen LogP contribution < -0.4 is 14.5 Å². The second-order valence-corrected chi connectivity index (χ2v) is 13.4. The second kappa shape index (κ2) is 12.3. The van der Waals surface area contributed by atoms with Crippen molar-refractivity contribution in [3.05, 3.63) is 118 Å². The van der Waals surface area contributed by atoms with Crippen LogP contribution in [0.3, 0.4) is 0 Å². The van der Waals surface area contributed by atoms with Crippen LogP contribution in [0.4, 0.5) is 11.4 Å². The maximum atomic E-state index is 14.3. The zero-order chi connectivity index (χ0) is 33.8. The number of benzene rings is 3. The van der Waals surface area contributed by atoms with E-state index >= 15 is 0 Å². The molecule has 9 heteroatoms. The number of carbonyl (C=O) groups excluding carboxylic acids is 4. The minimum absolute atomic E-state index is 0.0755. The number of ether oxygens (including phenoxy) is 2. The maximum absolute atomic E-state index is 14.3. The van der Waals surface area contributed by atoms with E-state index in [1.54, 1.807) is 19.1 Å². The van der Waals surface area contributed by atoms with Crippen LogP contribution in [0.5, 0.6) is 11.5 Å². The average molecular weight is 657 g/mol. The van der Waals surface area contributed by atoms with Gasteiger partial charge in [-0.1, -0.05) is 48.0 Å². The van der Waals surface area contributed by atoms with Crippen LogP contribution in [0.15, 0.2) is 107 Å². The molecule has 5 aliphatic rings. The average Bonchev–Trinajstić information content (AvgIpc) is 3.39. The summed E-state index contributed by atoms with van der Waals surface area (Å²) in [5.74, 6) is -3.23. The molecule has 3 aromatic carbocycles. The van der Waals surface area contributed by atoms with Gasteiger partial charge < -0.3 is 19.5 Å². The molecular weight excluding hydrogens is 620 g/mol. The summed E-state index contributed by atoms with van der Waals surface area (Å²) in [4.78, 5) is 59.0. The van der Waals surface area contributed by atoms with E-state index in [1.807, 2.05) is 60.7 Å². The molecule has 4 atom stereocenters. The summed E-state index contributed by atoms with van der Waals surface area (Å²) in [6, 6.07) is 22.2. The number of carbonyl (C=O) groups is 4. The Labute approximate surface area is 284 Å². The van der Waals surface area contributed by atoms with E-state index < -0.39 is 23.7 Å². The van der Waals surface area contributed by atoms with Crippen molar-refractivity contribution >= 4 is 34.8 Å². The number of phenols is 1. The lowest BCUT2D eigenvalue weighted by atomic mass is 9.59. The molecule has 9 nitrogen and oxygen atoms in total. The van der Waals surface area contributed by atoms with Crippen LogP contribution in [-0.2, 0) is 30.5 Å². The number of Topliss-reactive ketones (excluding diaryl/α,β-unsaturated/α-hetero) is 1. The van der Waals surface area contributed by atoms with Gasteiger partial charge in [0, 0.05) is 53.0 Å². The minimum atomic E-state index is -0.747. The van der Waals surface area contributed by atoms with Crippen LogP contribution in [0.2, 0.25) is 0 Å². The van der Waals surface area contributed by atoms with Crippen LogP contribution >= 0.6 is 0 Å². The SMILES string of the molecule is CC1=CC(=O)C2=C(C[C@@H]3C(=CC[C@@H]4C(=O)N(c5ccc(N6CCOCC6)cc5)C(=O)[C@@H]43)[C@@H]2c2ccc(OCc3ccccc3)cc2O)C1=O. The monoisotopic (exact) mass is 656 g/mol. The second-order valence-electron chi connectivity index (χ2n) is 13.4. The highest BCUT2D eigenvalue weighted by Crippen LogP contribution is 2.56. The van der Waals surface area contributed by atoms with Crippen molar-refractivity contribution < 1.29 is 33.8 Å². The number of hydrogen-bond donors (Lipinski definition) is 1. The molecule has 2 saturated heterocycles. The third-order valence-electron chi connectivity index (χ3n) is 10.6. The molecular formula is C40H36N2O7.